The standard InChI is InChI=1S/C22H27FN2O2S/c1-4-24-22(27)17(3)25(13-19-7-5-6-8-20(19)23)21(26)15-28-14-18-11-9-16(2)10-12-18/h5-12,17H,4,13-15H2,1-3H3,(H,24,27)/t17-/m0/s1. The zero-order chi connectivity index (χ0) is 20.5. The number of benzene rings is 2. The van der Waals surface area contributed by atoms with E-state index < -0.39 is 6.04 Å². The summed E-state index contributed by atoms with van der Waals surface area (Å²) in [6.07, 6.45) is 0. The molecule has 0 bridgehead atoms. The highest BCUT2D eigenvalue weighted by molar-refractivity contribution is 7.99. The molecule has 2 rings (SSSR count). The van der Waals surface area contributed by atoms with Crippen LogP contribution in [0, 0.1) is 12.7 Å². The number of hydrogen-bond donors (Lipinski definition) is 1. The van der Waals surface area contributed by atoms with Crippen LogP contribution in [0.25, 0.3) is 0 Å². The van der Waals surface area contributed by atoms with Gasteiger partial charge in [0.2, 0.25) is 11.8 Å². The highest BCUT2D eigenvalue weighted by atomic mass is 32.2. The molecule has 0 fully saturated rings. The minimum atomic E-state index is -0.674. The molecule has 0 aliphatic rings. The Hall–Kier alpha value is -2.34. The van der Waals surface area contributed by atoms with E-state index in [4.69, 9.17) is 0 Å². The molecule has 2 amide bonds. The Kier molecular flexibility index (Phi) is 8.51. The number of nitrogens with one attached hydrogen (secondary N) is 1. The minimum absolute atomic E-state index is 0.0644. The van der Waals surface area contributed by atoms with Gasteiger partial charge in [-0.2, -0.15) is 0 Å². The van der Waals surface area contributed by atoms with Crippen LogP contribution in [0.3, 0.4) is 0 Å². The Morgan fingerprint density at radius 3 is 2.46 bits per heavy atom. The van der Waals surface area contributed by atoms with Crippen LogP contribution in [0.2, 0.25) is 0 Å². The lowest BCUT2D eigenvalue weighted by molar-refractivity contribution is -0.138. The largest absolute Gasteiger partial charge is 0.355 e. The first kappa shape index (κ1) is 22.0. The minimum Gasteiger partial charge on any atom is -0.355 e. The van der Waals surface area contributed by atoms with Gasteiger partial charge in [0.15, 0.2) is 0 Å². The molecule has 0 aromatic heterocycles. The van der Waals surface area contributed by atoms with E-state index in [1.807, 2.05) is 38.1 Å². The highest BCUT2D eigenvalue weighted by Gasteiger charge is 2.26. The van der Waals surface area contributed by atoms with Crippen LogP contribution >= 0.6 is 11.8 Å². The molecule has 0 saturated heterocycles. The van der Waals surface area contributed by atoms with E-state index in [9.17, 15) is 14.0 Å². The summed E-state index contributed by atoms with van der Waals surface area (Å²) in [5, 5.41) is 2.73. The van der Waals surface area contributed by atoms with Gasteiger partial charge in [-0.1, -0.05) is 48.0 Å². The number of aryl methyl sites for hydroxylation is 1. The first-order valence-electron chi connectivity index (χ1n) is 9.36. The number of halogens is 1. The van der Waals surface area contributed by atoms with Crippen LogP contribution in [0.15, 0.2) is 48.5 Å². The zero-order valence-electron chi connectivity index (χ0n) is 16.6. The van der Waals surface area contributed by atoms with E-state index in [-0.39, 0.29) is 29.9 Å². The van der Waals surface area contributed by atoms with Crippen LogP contribution in [0.5, 0.6) is 0 Å². The maximum atomic E-state index is 14.1. The lowest BCUT2D eigenvalue weighted by Crippen LogP contribution is -2.48. The van der Waals surface area contributed by atoms with Gasteiger partial charge in [-0.3, -0.25) is 9.59 Å². The molecule has 0 aliphatic heterocycles. The molecule has 0 aliphatic carbocycles. The van der Waals surface area contributed by atoms with E-state index in [1.54, 1.807) is 25.1 Å². The monoisotopic (exact) mass is 402 g/mol. The van der Waals surface area contributed by atoms with Crippen molar-refractivity contribution in [3.05, 3.63) is 71.0 Å². The average Bonchev–Trinajstić information content (AvgIpc) is 2.68. The molecule has 2 aromatic rings. The van der Waals surface area contributed by atoms with Gasteiger partial charge in [0.25, 0.3) is 0 Å². The Morgan fingerprint density at radius 2 is 1.82 bits per heavy atom. The maximum absolute atomic E-state index is 14.1. The topological polar surface area (TPSA) is 49.4 Å². The number of nitrogens with zero attached hydrogens (tertiary/aromatic N) is 1. The first-order chi connectivity index (χ1) is 13.4. The third-order valence-corrected chi connectivity index (χ3v) is 5.42. The van der Waals surface area contributed by atoms with Crippen molar-refractivity contribution in [2.45, 2.75) is 39.1 Å². The van der Waals surface area contributed by atoms with Gasteiger partial charge in [-0.05, 0) is 32.4 Å². The fourth-order valence-electron chi connectivity index (χ4n) is 2.74. The second kappa shape index (κ2) is 10.9. The first-order valence-corrected chi connectivity index (χ1v) is 10.5. The summed E-state index contributed by atoms with van der Waals surface area (Å²) in [6.45, 7) is 6.07. The van der Waals surface area contributed by atoms with Crippen LogP contribution in [0.1, 0.15) is 30.5 Å². The predicted molar refractivity (Wildman–Crippen MR) is 112 cm³/mol. The number of carbonyl (C=O) groups is 2. The van der Waals surface area contributed by atoms with E-state index >= 15 is 0 Å². The van der Waals surface area contributed by atoms with Gasteiger partial charge < -0.3 is 10.2 Å². The zero-order valence-corrected chi connectivity index (χ0v) is 17.4. The van der Waals surface area contributed by atoms with Crippen molar-refractivity contribution in [2.24, 2.45) is 0 Å². The van der Waals surface area contributed by atoms with Crippen LogP contribution in [-0.4, -0.2) is 35.1 Å². The summed E-state index contributed by atoms with van der Waals surface area (Å²) in [5.74, 6) is 0.131. The van der Waals surface area contributed by atoms with Gasteiger partial charge in [-0.25, -0.2) is 4.39 Å². The summed E-state index contributed by atoms with van der Waals surface area (Å²) >= 11 is 1.49. The van der Waals surface area contributed by atoms with Gasteiger partial charge in [0.05, 0.1) is 5.75 Å². The molecule has 2 aromatic carbocycles. The molecular weight excluding hydrogens is 375 g/mol. The lowest BCUT2D eigenvalue weighted by Gasteiger charge is -2.28. The molecular formula is C22H27FN2O2S. The Balaban J connectivity index is 2.06. The van der Waals surface area contributed by atoms with Crippen molar-refractivity contribution < 1.29 is 14.0 Å². The molecule has 0 unspecified atom stereocenters. The number of hydrogen-bond acceptors (Lipinski definition) is 3. The average molecular weight is 403 g/mol. The van der Waals surface area contributed by atoms with Crippen molar-refractivity contribution >= 4 is 23.6 Å². The summed E-state index contributed by atoms with van der Waals surface area (Å²) in [7, 11) is 0. The third kappa shape index (κ3) is 6.37. The molecule has 0 spiro atoms. The number of rotatable bonds is 9. The normalized spacial score (nSPS) is 11.7. The lowest BCUT2D eigenvalue weighted by atomic mass is 10.1. The van der Waals surface area contributed by atoms with E-state index in [2.05, 4.69) is 5.32 Å². The number of amides is 2. The smallest absolute Gasteiger partial charge is 0.242 e. The van der Waals surface area contributed by atoms with E-state index in [0.29, 0.717) is 17.9 Å². The van der Waals surface area contributed by atoms with Crippen molar-refractivity contribution in [1.82, 2.24) is 10.2 Å². The molecule has 150 valence electrons. The summed E-state index contributed by atoms with van der Waals surface area (Å²) in [6, 6.07) is 13.8. The molecule has 0 heterocycles. The third-order valence-electron chi connectivity index (χ3n) is 4.43. The van der Waals surface area contributed by atoms with E-state index in [0.717, 1.165) is 5.56 Å². The van der Waals surface area contributed by atoms with Crippen molar-refractivity contribution in [1.29, 1.82) is 0 Å². The Morgan fingerprint density at radius 1 is 1.14 bits per heavy atom. The van der Waals surface area contributed by atoms with E-state index in [1.165, 1.54) is 28.3 Å². The molecule has 1 atom stereocenters. The second-order valence-electron chi connectivity index (χ2n) is 6.66. The highest BCUT2D eigenvalue weighted by Crippen LogP contribution is 2.17. The fraction of sp³-hybridized carbons (Fsp3) is 0.364. The van der Waals surface area contributed by atoms with Crippen LogP contribution in [-0.2, 0) is 21.9 Å². The number of carbonyl (C=O) groups excluding carboxylic acids is 2. The fourth-order valence-corrected chi connectivity index (χ4v) is 3.61. The Bertz CT molecular complexity index is 795. The maximum Gasteiger partial charge on any atom is 0.242 e. The van der Waals surface area contributed by atoms with Gasteiger partial charge in [-0.15, -0.1) is 11.8 Å². The van der Waals surface area contributed by atoms with Crippen LogP contribution < -0.4 is 5.32 Å². The number of likely N-dealkylation sites (N-methyl/N-ethyl adjacent to an activating group) is 1. The molecule has 28 heavy (non-hydrogen) atoms. The van der Waals surface area contributed by atoms with Crippen molar-refractivity contribution in [3.8, 4) is 0 Å². The predicted octanol–water partition coefficient (Wildman–Crippen LogP) is 3.92. The van der Waals surface area contributed by atoms with Crippen molar-refractivity contribution in [3.63, 3.8) is 0 Å². The summed E-state index contributed by atoms with van der Waals surface area (Å²) in [5.41, 5.74) is 2.73. The van der Waals surface area contributed by atoms with Gasteiger partial charge in [0, 0.05) is 24.4 Å². The summed E-state index contributed by atoms with van der Waals surface area (Å²) in [4.78, 5) is 26.6. The Labute approximate surface area is 170 Å². The van der Waals surface area contributed by atoms with Gasteiger partial charge in [0.1, 0.15) is 11.9 Å². The molecule has 6 heteroatoms. The molecule has 0 radical (unpaired) electrons. The van der Waals surface area contributed by atoms with Crippen LogP contribution in [0.4, 0.5) is 4.39 Å². The summed E-state index contributed by atoms with van der Waals surface area (Å²) < 4.78 is 14.1. The second-order valence-corrected chi connectivity index (χ2v) is 7.65. The molecule has 1 N–H and O–H groups in total. The van der Waals surface area contributed by atoms with Gasteiger partial charge >= 0.3 is 0 Å². The quantitative estimate of drug-likeness (QED) is 0.692. The molecule has 0 saturated carbocycles. The number of thioether (sulfide) groups is 1. The SMILES string of the molecule is CCNC(=O)[C@H](C)N(Cc1ccccc1F)C(=O)CSCc1ccc(C)cc1. The van der Waals surface area contributed by atoms with Crippen molar-refractivity contribution in [2.75, 3.05) is 12.3 Å². The molecule has 4 nitrogen and oxygen atoms in total.